The van der Waals surface area contributed by atoms with Crippen LogP contribution < -0.4 is 11.5 Å². The van der Waals surface area contributed by atoms with Crippen LogP contribution >= 0.6 is 0 Å². The van der Waals surface area contributed by atoms with Crippen molar-refractivity contribution in [3.63, 3.8) is 0 Å². The van der Waals surface area contributed by atoms with Gasteiger partial charge in [-0.05, 0) is 41.8 Å². The SMILES string of the molecule is COCCc1cc(N)c(N)c(-c2cccc(O)c2)c1. The molecule has 2 aromatic carbocycles. The molecule has 0 saturated carbocycles. The fourth-order valence-electron chi connectivity index (χ4n) is 2.01. The molecule has 0 heterocycles. The van der Waals surface area contributed by atoms with Crippen LogP contribution in [0, 0.1) is 0 Å². The van der Waals surface area contributed by atoms with Crippen LogP contribution in [-0.4, -0.2) is 18.8 Å². The number of phenolic OH excluding ortho intramolecular Hbond substituents is 1. The Hall–Kier alpha value is -2.20. The van der Waals surface area contributed by atoms with Crippen molar-refractivity contribution in [2.75, 3.05) is 25.2 Å². The van der Waals surface area contributed by atoms with Gasteiger partial charge in [-0.3, -0.25) is 0 Å². The van der Waals surface area contributed by atoms with Gasteiger partial charge in [0.15, 0.2) is 0 Å². The predicted octanol–water partition coefficient (Wildman–Crippen LogP) is 2.41. The van der Waals surface area contributed by atoms with Crippen LogP contribution in [0.15, 0.2) is 36.4 Å². The minimum absolute atomic E-state index is 0.206. The lowest BCUT2D eigenvalue weighted by Crippen LogP contribution is -2.01. The maximum atomic E-state index is 9.55. The summed E-state index contributed by atoms with van der Waals surface area (Å²) in [5.74, 6) is 0.206. The minimum Gasteiger partial charge on any atom is -0.508 e. The van der Waals surface area contributed by atoms with E-state index in [4.69, 9.17) is 16.2 Å². The summed E-state index contributed by atoms with van der Waals surface area (Å²) < 4.78 is 5.07. The molecule has 100 valence electrons. The van der Waals surface area contributed by atoms with E-state index in [1.807, 2.05) is 18.2 Å². The molecule has 0 aromatic heterocycles. The van der Waals surface area contributed by atoms with Crippen molar-refractivity contribution in [2.24, 2.45) is 0 Å². The molecule has 0 aliphatic heterocycles. The van der Waals surface area contributed by atoms with Crippen LogP contribution in [0.4, 0.5) is 11.4 Å². The number of nitrogen functional groups attached to an aromatic ring is 2. The van der Waals surface area contributed by atoms with E-state index in [1.54, 1.807) is 25.3 Å². The van der Waals surface area contributed by atoms with Gasteiger partial charge in [0.2, 0.25) is 0 Å². The summed E-state index contributed by atoms with van der Waals surface area (Å²) >= 11 is 0. The van der Waals surface area contributed by atoms with E-state index in [2.05, 4.69) is 0 Å². The average molecular weight is 258 g/mol. The lowest BCUT2D eigenvalue weighted by molar-refractivity contribution is 0.202. The Morgan fingerprint density at radius 3 is 2.63 bits per heavy atom. The normalized spacial score (nSPS) is 10.6. The van der Waals surface area contributed by atoms with Gasteiger partial charge < -0.3 is 21.3 Å². The number of anilines is 2. The van der Waals surface area contributed by atoms with E-state index >= 15 is 0 Å². The van der Waals surface area contributed by atoms with E-state index < -0.39 is 0 Å². The molecular weight excluding hydrogens is 240 g/mol. The third-order valence-electron chi connectivity index (χ3n) is 3.02. The van der Waals surface area contributed by atoms with E-state index in [9.17, 15) is 5.11 Å². The van der Waals surface area contributed by atoms with Gasteiger partial charge in [-0.25, -0.2) is 0 Å². The largest absolute Gasteiger partial charge is 0.508 e. The van der Waals surface area contributed by atoms with Crippen molar-refractivity contribution < 1.29 is 9.84 Å². The van der Waals surface area contributed by atoms with E-state index in [0.717, 1.165) is 23.1 Å². The van der Waals surface area contributed by atoms with Crippen molar-refractivity contribution in [1.29, 1.82) is 0 Å². The molecule has 0 atom stereocenters. The summed E-state index contributed by atoms with van der Waals surface area (Å²) in [6.45, 7) is 0.628. The molecule has 0 radical (unpaired) electrons. The van der Waals surface area contributed by atoms with Crippen LogP contribution in [-0.2, 0) is 11.2 Å². The third-order valence-corrected chi connectivity index (χ3v) is 3.02. The first-order valence-corrected chi connectivity index (χ1v) is 6.08. The third kappa shape index (κ3) is 2.98. The molecule has 4 nitrogen and oxygen atoms in total. The summed E-state index contributed by atoms with van der Waals surface area (Å²) in [7, 11) is 1.66. The van der Waals surface area contributed by atoms with Gasteiger partial charge in [0, 0.05) is 12.7 Å². The first-order valence-electron chi connectivity index (χ1n) is 6.08. The van der Waals surface area contributed by atoms with Gasteiger partial charge in [-0.15, -0.1) is 0 Å². The Balaban J connectivity index is 2.46. The molecule has 0 aliphatic rings. The van der Waals surface area contributed by atoms with Crippen molar-refractivity contribution in [3.8, 4) is 16.9 Å². The number of rotatable bonds is 4. The molecule has 0 spiro atoms. The Kier molecular flexibility index (Phi) is 3.92. The van der Waals surface area contributed by atoms with Crippen LogP contribution in [0.3, 0.4) is 0 Å². The number of methoxy groups -OCH3 is 1. The molecule has 19 heavy (non-hydrogen) atoms. The van der Waals surface area contributed by atoms with Crippen molar-refractivity contribution >= 4 is 11.4 Å². The Morgan fingerprint density at radius 2 is 1.95 bits per heavy atom. The van der Waals surface area contributed by atoms with Gasteiger partial charge in [0.25, 0.3) is 0 Å². The van der Waals surface area contributed by atoms with Gasteiger partial charge in [-0.2, -0.15) is 0 Å². The fraction of sp³-hybridized carbons (Fsp3) is 0.200. The highest BCUT2D eigenvalue weighted by molar-refractivity contribution is 5.85. The molecule has 0 aliphatic carbocycles. The Labute approximate surface area is 112 Å². The molecular formula is C15H18N2O2. The molecule has 5 N–H and O–H groups in total. The maximum absolute atomic E-state index is 9.55. The van der Waals surface area contributed by atoms with Crippen LogP contribution in [0.5, 0.6) is 5.75 Å². The fourth-order valence-corrected chi connectivity index (χ4v) is 2.01. The van der Waals surface area contributed by atoms with Crippen LogP contribution in [0.25, 0.3) is 11.1 Å². The predicted molar refractivity (Wildman–Crippen MR) is 77.9 cm³/mol. The number of ether oxygens (including phenoxy) is 1. The molecule has 0 saturated heterocycles. The van der Waals surface area contributed by atoms with Gasteiger partial charge >= 0.3 is 0 Å². The quantitative estimate of drug-likeness (QED) is 0.735. The number of nitrogens with two attached hydrogens (primary N) is 2. The van der Waals surface area contributed by atoms with Gasteiger partial charge in [0.05, 0.1) is 18.0 Å². The van der Waals surface area contributed by atoms with E-state index in [-0.39, 0.29) is 5.75 Å². The van der Waals surface area contributed by atoms with Crippen molar-refractivity contribution in [1.82, 2.24) is 0 Å². The summed E-state index contributed by atoms with van der Waals surface area (Å²) in [5, 5.41) is 9.55. The topological polar surface area (TPSA) is 81.5 Å². The zero-order chi connectivity index (χ0) is 13.8. The number of benzene rings is 2. The summed E-state index contributed by atoms with van der Waals surface area (Å²) in [6.07, 6.45) is 0.771. The lowest BCUT2D eigenvalue weighted by Gasteiger charge is -2.12. The number of hydrogen-bond acceptors (Lipinski definition) is 4. The zero-order valence-corrected chi connectivity index (χ0v) is 10.9. The van der Waals surface area contributed by atoms with Crippen molar-refractivity contribution in [2.45, 2.75) is 6.42 Å². The van der Waals surface area contributed by atoms with Gasteiger partial charge in [0.1, 0.15) is 5.75 Å². The zero-order valence-electron chi connectivity index (χ0n) is 10.9. The lowest BCUT2D eigenvalue weighted by atomic mass is 9.98. The molecule has 0 amide bonds. The number of hydrogen-bond donors (Lipinski definition) is 3. The molecule has 0 fully saturated rings. The smallest absolute Gasteiger partial charge is 0.116 e. The number of aromatic hydroxyl groups is 1. The van der Waals surface area contributed by atoms with Gasteiger partial charge in [-0.1, -0.05) is 12.1 Å². The molecule has 2 aromatic rings. The second-order valence-electron chi connectivity index (χ2n) is 4.44. The van der Waals surface area contributed by atoms with E-state index in [0.29, 0.717) is 18.0 Å². The second kappa shape index (κ2) is 5.63. The highest BCUT2D eigenvalue weighted by Crippen LogP contribution is 2.33. The second-order valence-corrected chi connectivity index (χ2v) is 4.44. The summed E-state index contributed by atoms with van der Waals surface area (Å²) in [4.78, 5) is 0. The number of phenols is 1. The maximum Gasteiger partial charge on any atom is 0.116 e. The average Bonchev–Trinajstić information content (AvgIpc) is 2.40. The molecule has 0 bridgehead atoms. The summed E-state index contributed by atoms with van der Waals surface area (Å²) in [5.41, 5.74) is 15.8. The van der Waals surface area contributed by atoms with Crippen molar-refractivity contribution in [3.05, 3.63) is 42.0 Å². The molecule has 0 unspecified atom stereocenters. The first-order chi connectivity index (χ1) is 9.11. The first kappa shape index (κ1) is 13.2. The highest BCUT2D eigenvalue weighted by atomic mass is 16.5. The summed E-state index contributed by atoms with van der Waals surface area (Å²) in [6, 6.07) is 10.8. The van der Waals surface area contributed by atoms with Crippen LogP contribution in [0.2, 0.25) is 0 Å². The Bertz CT molecular complexity index is 582. The van der Waals surface area contributed by atoms with E-state index in [1.165, 1.54) is 0 Å². The minimum atomic E-state index is 0.206. The highest BCUT2D eigenvalue weighted by Gasteiger charge is 2.09. The molecule has 4 heteroatoms. The Morgan fingerprint density at radius 1 is 1.16 bits per heavy atom. The van der Waals surface area contributed by atoms with Crippen LogP contribution in [0.1, 0.15) is 5.56 Å². The monoisotopic (exact) mass is 258 g/mol. The standard InChI is InChI=1S/C15H18N2O2/c1-19-6-5-10-7-13(15(17)14(16)8-10)11-3-2-4-12(18)9-11/h2-4,7-9,18H,5-6,16-17H2,1H3. The molecule has 2 rings (SSSR count).